The molecule has 2 nitrogen and oxygen atoms in total. The van der Waals surface area contributed by atoms with Crippen molar-refractivity contribution >= 4 is 39.2 Å². The molecule has 0 unspecified atom stereocenters. The van der Waals surface area contributed by atoms with Crippen molar-refractivity contribution in [3.8, 4) is 24.2 Å². The van der Waals surface area contributed by atoms with E-state index in [2.05, 4.69) is 120 Å². The first-order chi connectivity index (χ1) is 14.0. The lowest BCUT2D eigenvalue weighted by atomic mass is 10.1. The Bertz CT molecular complexity index is 881. The van der Waals surface area contributed by atoms with Gasteiger partial charge in [0.1, 0.15) is 0 Å². The summed E-state index contributed by atoms with van der Waals surface area (Å²) in [5, 5.41) is 0.243. The van der Waals surface area contributed by atoms with Gasteiger partial charge in [0.15, 0.2) is 16.6 Å². The Morgan fingerprint density at radius 3 is 1.65 bits per heavy atom. The average Bonchev–Trinajstić information content (AvgIpc) is 2.63. The van der Waals surface area contributed by atoms with Crippen LogP contribution in [0.4, 0.5) is 0 Å². The van der Waals surface area contributed by atoms with E-state index >= 15 is 0 Å². The SMILES string of the molecule is C#C/C(CO[Si](C)(C)C(C)(C)C)=C(/C#Cc1ccc(I)cc1)CO[Si](C)(C)C(C)(C)C. The smallest absolute Gasteiger partial charge is 0.192 e. The molecule has 1 aromatic carbocycles. The molecule has 0 fully saturated rings. The predicted octanol–water partition coefficient (Wildman–Crippen LogP) is 7.62. The minimum atomic E-state index is -1.94. The fraction of sp³-hybridized carbons (Fsp3) is 0.538. The predicted molar refractivity (Wildman–Crippen MR) is 148 cm³/mol. The molecule has 0 aliphatic carbocycles. The monoisotopic (exact) mass is 566 g/mol. The van der Waals surface area contributed by atoms with Gasteiger partial charge >= 0.3 is 0 Å². The molecule has 0 saturated carbocycles. The zero-order valence-corrected chi connectivity index (χ0v) is 25.2. The van der Waals surface area contributed by atoms with Crippen molar-refractivity contribution in [1.29, 1.82) is 0 Å². The molecule has 0 aliphatic rings. The van der Waals surface area contributed by atoms with Crippen LogP contribution in [0.1, 0.15) is 47.1 Å². The fourth-order valence-corrected chi connectivity index (χ4v) is 4.27. The molecule has 0 aliphatic heterocycles. The molecule has 0 atom stereocenters. The Kier molecular flexibility index (Phi) is 9.87. The van der Waals surface area contributed by atoms with Crippen LogP contribution in [0.25, 0.3) is 0 Å². The van der Waals surface area contributed by atoms with Crippen molar-refractivity contribution in [1.82, 2.24) is 0 Å². The zero-order valence-electron chi connectivity index (χ0n) is 21.0. The molecule has 1 aromatic rings. The third-order valence-electron chi connectivity index (χ3n) is 6.51. The lowest BCUT2D eigenvalue weighted by molar-refractivity contribution is 0.308. The number of benzene rings is 1. The topological polar surface area (TPSA) is 18.5 Å². The van der Waals surface area contributed by atoms with Gasteiger partial charge < -0.3 is 8.85 Å². The van der Waals surface area contributed by atoms with Crippen LogP contribution in [0.15, 0.2) is 35.4 Å². The van der Waals surface area contributed by atoms with E-state index in [4.69, 9.17) is 15.3 Å². The first-order valence-corrected chi connectivity index (χ1v) is 17.6. The van der Waals surface area contributed by atoms with E-state index in [1.807, 2.05) is 12.1 Å². The van der Waals surface area contributed by atoms with Crippen LogP contribution in [0, 0.1) is 27.8 Å². The van der Waals surface area contributed by atoms with Gasteiger partial charge in [0.25, 0.3) is 0 Å². The van der Waals surface area contributed by atoms with Gasteiger partial charge in [-0.25, -0.2) is 0 Å². The van der Waals surface area contributed by atoms with Crippen molar-refractivity contribution in [3.63, 3.8) is 0 Å². The summed E-state index contributed by atoms with van der Waals surface area (Å²) in [6.45, 7) is 23.2. The Morgan fingerprint density at radius 2 is 1.26 bits per heavy atom. The Balaban J connectivity index is 3.28. The zero-order chi connectivity index (χ0) is 24.1. The summed E-state index contributed by atoms with van der Waals surface area (Å²) >= 11 is 2.30. The summed E-state index contributed by atoms with van der Waals surface area (Å²) in [5.41, 5.74) is 2.61. The molecule has 31 heavy (non-hydrogen) atoms. The Labute approximate surface area is 207 Å². The van der Waals surface area contributed by atoms with Crippen LogP contribution in [0.2, 0.25) is 36.3 Å². The summed E-state index contributed by atoms with van der Waals surface area (Å²) in [6.07, 6.45) is 5.94. The number of halogens is 1. The number of rotatable bonds is 6. The third kappa shape index (κ3) is 8.55. The van der Waals surface area contributed by atoms with Gasteiger partial charge in [0, 0.05) is 20.3 Å². The summed E-state index contributed by atoms with van der Waals surface area (Å²) in [6, 6.07) is 8.18. The Morgan fingerprint density at radius 1 is 0.839 bits per heavy atom. The second-order valence-electron chi connectivity index (χ2n) is 11.0. The van der Waals surface area contributed by atoms with Crippen molar-refractivity contribution in [2.45, 2.75) is 77.8 Å². The summed E-state index contributed by atoms with van der Waals surface area (Å²) in [7, 11) is -3.86. The highest BCUT2D eigenvalue weighted by atomic mass is 127. The summed E-state index contributed by atoms with van der Waals surface area (Å²) < 4.78 is 14.1. The molecule has 0 N–H and O–H groups in total. The molecular weight excluding hydrogens is 527 g/mol. The van der Waals surface area contributed by atoms with Gasteiger partial charge in [-0.15, -0.1) is 6.42 Å². The maximum absolute atomic E-state index is 6.48. The molecule has 0 bridgehead atoms. The molecule has 0 radical (unpaired) electrons. The lowest BCUT2D eigenvalue weighted by Crippen LogP contribution is -2.42. The summed E-state index contributed by atoms with van der Waals surface area (Å²) in [4.78, 5) is 0. The minimum absolute atomic E-state index is 0.121. The van der Waals surface area contributed by atoms with Gasteiger partial charge in [0.05, 0.1) is 13.2 Å². The van der Waals surface area contributed by atoms with Gasteiger partial charge in [-0.1, -0.05) is 59.3 Å². The van der Waals surface area contributed by atoms with Gasteiger partial charge in [0.2, 0.25) is 0 Å². The molecule has 0 saturated heterocycles. The van der Waals surface area contributed by atoms with Crippen LogP contribution in [0.3, 0.4) is 0 Å². The van der Waals surface area contributed by atoms with Crippen molar-refractivity contribution < 1.29 is 8.85 Å². The largest absolute Gasteiger partial charge is 0.412 e. The molecule has 0 heterocycles. The number of hydrogen-bond acceptors (Lipinski definition) is 2. The second kappa shape index (κ2) is 10.9. The van der Waals surface area contributed by atoms with Crippen molar-refractivity contribution in [2.24, 2.45) is 0 Å². The fourth-order valence-electron chi connectivity index (χ4n) is 2.03. The van der Waals surface area contributed by atoms with Gasteiger partial charge in [-0.3, -0.25) is 0 Å². The van der Waals surface area contributed by atoms with Crippen LogP contribution in [-0.4, -0.2) is 29.8 Å². The van der Waals surface area contributed by atoms with Crippen molar-refractivity contribution in [3.05, 3.63) is 44.5 Å². The van der Waals surface area contributed by atoms with Gasteiger partial charge in [-0.05, 0) is 83.1 Å². The molecule has 5 heteroatoms. The van der Waals surface area contributed by atoms with E-state index in [9.17, 15) is 0 Å². The van der Waals surface area contributed by atoms with Gasteiger partial charge in [-0.2, -0.15) is 0 Å². The number of hydrogen-bond donors (Lipinski definition) is 0. The van der Waals surface area contributed by atoms with Crippen LogP contribution in [-0.2, 0) is 8.85 Å². The van der Waals surface area contributed by atoms with E-state index in [0.29, 0.717) is 13.2 Å². The lowest BCUT2D eigenvalue weighted by Gasteiger charge is -2.37. The van der Waals surface area contributed by atoms with Crippen LogP contribution < -0.4 is 0 Å². The molecule has 170 valence electrons. The summed E-state index contributed by atoms with van der Waals surface area (Å²) in [5.74, 6) is 9.45. The van der Waals surface area contributed by atoms with E-state index in [0.717, 1.165) is 16.7 Å². The standard InChI is InChI=1S/C26H39IO2Si2/c1-12-22(19-28-30(8,9)25(2,3)4)23(20-29-31(10,11)26(5,6)7)16-13-21-14-17-24(27)18-15-21/h1,14-15,17-18H,19-20H2,2-11H3/b23-22+. The van der Waals surface area contributed by atoms with Crippen LogP contribution >= 0.6 is 22.6 Å². The normalized spacial score (nSPS) is 13.7. The first-order valence-electron chi connectivity index (χ1n) is 10.7. The third-order valence-corrected chi connectivity index (χ3v) is 16.2. The minimum Gasteiger partial charge on any atom is -0.412 e. The molecule has 0 amide bonds. The number of terminal acetylenes is 1. The van der Waals surface area contributed by atoms with E-state index in [-0.39, 0.29) is 10.1 Å². The Hall–Kier alpha value is -0.836. The maximum atomic E-state index is 6.48. The molecular formula is C26H39IO2Si2. The molecule has 0 aromatic heterocycles. The quantitative estimate of drug-likeness (QED) is 0.200. The average molecular weight is 567 g/mol. The van der Waals surface area contributed by atoms with E-state index in [1.165, 1.54) is 3.57 Å². The highest BCUT2D eigenvalue weighted by molar-refractivity contribution is 14.1. The second-order valence-corrected chi connectivity index (χ2v) is 21.8. The van der Waals surface area contributed by atoms with Crippen molar-refractivity contribution in [2.75, 3.05) is 13.2 Å². The molecule has 0 spiro atoms. The van der Waals surface area contributed by atoms with E-state index < -0.39 is 16.6 Å². The van der Waals surface area contributed by atoms with Crippen LogP contribution in [0.5, 0.6) is 0 Å². The first kappa shape index (κ1) is 28.2. The highest BCUT2D eigenvalue weighted by Crippen LogP contribution is 2.38. The highest BCUT2D eigenvalue weighted by Gasteiger charge is 2.38. The van der Waals surface area contributed by atoms with E-state index in [1.54, 1.807) is 0 Å². The maximum Gasteiger partial charge on any atom is 0.192 e. The molecule has 1 rings (SSSR count).